The second kappa shape index (κ2) is 4.20. The number of aromatic nitrogens is 3. The lowest BCUT2D eigenvalue weighted by Crippen LogP contribution is -2.24. The molecule has 1 aromatic rings. The lowest BCUT2D eigenvalue weighted by atomic mass is 10.0. The van der Waals surface area contributed by atoms with Crippen LogP contribution in [-0.4, -0.2) is 27.9 Å². The Morgan fingerprint density at radius 2 is 1.88 bits per heavy atom. The molecule has 1 N–H and O–H groups in total. The Balaban J connectivity index is 2.32. The minimum absolute atomic E-state index is 0.354. The van der Waals surface area contributed by atoms with Crippen molar-refractivity contribution < 1.29 is 0 Å². The number of aromatic amines is 1. The van der Waals surface area contributed by atoms with E-state index < -0.39 is 0 Å². The molecule has 0 spiro atoms. The molecule has 0 radical (unpaired) electrons. The molecular formula is C11H20N4S. The summed E-state index contributed by atoms with van der Waals surface area (Å²) >= 11 is 5.26. The maximum absolute atomic E-state index is 5.26. The van der Waals surface area contributed by atoms with Crippen LogP contribution in [0.3, 0.4) is 0 Å². The number of hydrogen-bond acceptors (Lipinski definition) is 3. The average Bonchev–Trinajstić information content (AvgIpc) is 2.71. The first-order valence-electron chi connectivity index (χ1n) is 5.92. The number of rotatable bonds is 2. The molecule has 0 bridgehead atoms. The van der Waals surface area contributed by atoms with E-state index in [0.717, 1.165) is 35.6 Å². The maximum Gasteiger partial charge on any atom is 0.225 e. The Labute approximate surface area is 102 Å². The highest BCUT2D eigenvalue weighted by molar-refractivity contribution is 7.71. The van der Waals surface area contributed by atoms with E-state index in [1.807, 2.05) is 0 Å². The summed E-state index contributed by atoms with van der Waals surface area (Å²) in [5, 5.41) is 7.26. The molecule has 16 heavy (non-hydrogen) atoms. The summed E-state index contributed by atoms with van der Waals surface area (Å²) in [6, 6.07) is 0.354. The Kier molecular flexibility index (Phi) is 3.06. The van der Waals surface area contributed by atoms with Gasteiger partial charge in [0.2, 0.25) is 5.95 Å². The molecule has 1 saturated heterocycles. The molecule has 2 atom stereocenters. The van der Waals surface area contributed by atoms with Gasteiger partial charge in [0.05, 0.1) is 0 Å². The van der Waals surface area contributed by atoms with Gasteiger partial charge in [-0.3, -0.25) is 4.57 Å². The number of hydrogen-bond donors (Lipinski definition) is 1. The Hall–Kier alpha value is -0.840. The van der Waals surface area contributed by atoms with E-state index in [4.69, 9.17) is 12.2 Å². The second-order valence-electron chi connectivity index (χ2n) is 5.15. The summed E-state index contributed by atoms with van der Waals surface area (Å²) in [4.78, 5) is 2.33. The molecule has 1 aliphatic heterocycles. The summed E-state index contributed by atoms with van der Waals surface area (Å²) in [7, 11) is 0. The molecule has 0 saturated carbocycles. The van der Waals surface area contributed by atoms with Crippen molar-refractivity contribution in [2.45, 2.75) is 33.7 Å². The first kappa shape index (κ1) is 11.6. The maximum atomic E-state index is 5.26. The van der Waals surface area contributed by atoms with Crippen LogP contribution in [0.4, 0.5) is 5.95 Å². The van der Waals surface area contributed by atoms with Crippen molar-refractivity contribution in [3.05, 3.63) is 4.77 Å². The Morgan fingerprint density at radius 1 is 1.31 bits per heavy atom. The van der Waals surface area contributed by atoms with E-state index in [9.17, 15) is 0 Å². The predicted molar refractivity (Wildman–Crippen MR) is 68.3 cm³/mol. The van der Waals surface area contributed by atoms with Crippen molar-refractivity contribution in [2.75, 3.05) is 18.0 Å². The predicted octanol–water partition coefficient (Wildman–Crippen LogP) is 2.61. The largest absolute Gasteiger partial charge is 0.340 e. The zero-order valence-corrected chi connectivity index (χ0v) is 11.2. The fourth-order valence-corrected chi connectivity index (χ4v) is 2.62. The number of anilines is 1. The summed E-state index contributed by atoms with van der Waals surface area (Å²) in [5.41, 5.74) is 0. The smallest absolute Gasteiger partial charge is 0.225 e. The molecule has 2 heterocycles. The van der Waals surface area contributed by atoms with E-state index in [-0.39, 0.29) is 0 Å². The van der Waals surface area contributed by atoms with E-state index in [1.54, 1.807) is 0 Å². The van der Waals surface area contributed by atoms with Crippen LogP contribution in [0, 0.1) is 16.6 Å². The van der Waals surface area contributed by atoms with Crippen molar-refractivity contribution in [3.8, 4) is 0 Å². The topological polar surface area (TPSA) is 36.9 Å². The monoisotopic (exact) mass is 240 g/mol. The normalized spacial score (nSPS) is 25.7. The lowest BCUT2D eigenvalue weighted by Gasteiger charge is -2.19. The molecule has 0 amide bonds. The number of nitrogens with zero attached hydrogens (tertiary/aromatic N) is 3. The van der Waals surface area contributed by atoms with Crippen LogP contribution in [-0.2, 0) is 0 Å². The third-order valence-electron chi connectivity index (χ3n) is 3.47. The molecule has 1 aliphatic rings. The quantitative estimate of drug-likeness (QED) is 0.807. The summed E-state index contributed by atoms with van der Waals surface area (Å²) in [6.45, 7) is 11.0. The highest BCUT2D eigenvalue weighted by Crippen LogP contribution is 2.27. The van der Waals surface area contributed by atoms with Crippen LogP contribution in [0.5, 0.6) is 0 Å². The SMILES string of the molecule is CC1CN(c2n[nH]c(=S)n2C(C)C)CC1C. The van der Waals surface area contributed by atoms with Gasteiger partial charge in [0.15, 0.2) is 4.77 Å². The van der Waals surface area contributed by atoms with Gasteiger partial charge in [-0.1, -0.05) is 13.8 Å². The molecular weight excluding hydrogens is 220 g/mol. The number of H-pyrrole nitrogens is 1. The van der Waals surface area contributed by atoms with Gasteiger partial charge in [0.25, 0.3) is 0 Å². The van der Waals surface area contributed by atoms with Gasteiger partial charge in [0, 0.05) is 19.1 Å². The van der Waals surface area contributed by atoms with Gasteiger partial charge in [-0.05, 0) is 37.9 Å². The van der Waals surface area contributed by atoms with Gasteiger partial charge in [-0.2, -0.15) is 0 Å². The van der Waals surface area contributed by atoms with Crippen molar-refractivity contribution in [1.29, 1.82) is 0 Å². The molecule has 0 aliphatic carbocycles. The molecule has 90 valence electrons. The molecule has 2 unspecified atom stereocenters. The average molecular weight is 240 g/mol. The fraction of sp³-hybridized carbons (Fsp3) is 0.818. The van der Waals surface area contributed by atoms with Crippen molar-refractivity contribution in [1.82, 2.24) is 14.8 Å². The molecule has 2 rings (SSSR count). The third kappa shape index (κ3) is 1.88. The fourth-order valence-electron chi connectivity index (χ4n) is 2.28. The second-order valence-corrected chi connectivity index (χ2v) is 5.54. The minimum Gasteiger partial charge on any atom is -0.340 e. The molecule has 5 heteroatoms. The summed E-state index contributed by atoms with van der Waals surface area (Å²) in [6.07, 6.45) is 0. The van der Waals surface area contributed by atoms with Gasteiger partial charge >= 0.3 is 0 Å². The number of nitrogens with one attached hydrogen (secondary N) is 1. The van der Waals surface area contributed by atoms with Crippen LogP contribution in [0.15, 0.2) is 0 Å². The van der Waals surface area contributed by atoms with Crippen LogP contribution < -0.4 is 4.90 Å². The molecule has 0 aromatic carbocycles. The minimum atomic E-state index is 0.354. The van der Waals surface area contributed by atoms with E-state index in [1.165, 1.54) is 0 Å². The summed E-state index contributed by atoms with van der Waals surface area (Å²) < 4.78 is 2.82. The van der Waals surface area contributed by atoms with Crippen molar-refractivity contribution in [3.63, 3.8) is 0 Å². The third-order valence-corrected chi connectivity index (χ3v) is 3.76. The Morgan fingerprint density at radius 3 is 2.38 bits per heavy atom. The molecule has 1 fully saturated rings. The van der Waals surface area contributed by atoms with Crippen LogP contribution >= 0.6 is 12.2 Å². The van der Waals surface area contributed by atoms with Gasteiger partial charge in [-0.25, -0.2) is 5.10 Å². The van der Waals surface area contributed by atoms with E-state index >= 15 is 0 Å². The molecule has 4 nitrogen and oxygen atoms in total. The van der Waals surface area contributed by atoms with E-state index in [0.29, 0.717) is 6.04 Å². The van der Waals surface area contributed by atoms with Crippen LogP contribution in [0.2, 0.25) is 0 Å². The zero-order valence-electron chi connectivity index (χ0n) is 10.4. The van der Waals surface area contributed by atoms with Crippen LogP contribution in [0.25, 0.3) is 0 Å². The highest BCUT2D eigenvalue weighted by Gasteiger charge is 2.29. The van der Waals surface area contributed by atoms with Crippen LogP contribution in [0.1, 0.15) is 33.7 Å². The van der Waals surface area contributed by atoms with Gasteiger partial charge in [0.1, 0.15) is 0 Å². The van der Waals surface area contributed by atoms with Crippen molar-refractivity contribution >= 4 is 18.2 Å². The van der Waals surface area contributed by atoms with Gasteiger partial charge in [-0.15, -0.1) is 5.10 Å². The molecule has 1 aromatic heterocycles. The standard InChI is InChI=1S/C11H20N4S/c1-7(2)15-10(12-13-11(15)16)14-5-8(3)9(4)6-14/h7-9H,5-6H2,1-4H3,(H,13,16). The summed E-state index contributed by atoms with van der Waals surface area (Å²) in [5.74, 6) is 2.45. The first-order chi connectivity index (χ1) is 7.50. The lowest BCUT2D eigenvalue weighted by molar-refractivity contribution is 0.494. The first-order valence-corrected chi connectivity index (χ1v) is 6.33. The zero-order chi connectivity index (χ0) is 11.9. The van der Waals surface area contributed by atoms with E-state index in [2.05, 4.69) is 47.4 Å². The van der Waals surface area contributed by atoms with Gasteiger partial charge < -0.3 is 4.90 Å². The highest BCUT2D eigenvalue weighted by atomic mass is 32.1. The van der Waals surface area contributed by atoms with Crippen molar-refractivity contribution in [2.24, 2.45) is 11.8 Å². The Bertz CT molecular complexity index is 410.